The van der Waals surface area contributed by atoms with E-state index in [-0.39, 0.29) is 12.5 Å². The third-order valence-electron chi connectivity index (χ3n) is 3.20. The number of carboxylic acid groups (broad SMARTS) is 1. The van der Waals surface area contributed by atoms with Gasteiger partial charge in [-0.15, -0.1) is 0 Å². The Morgan fingerprint density at radius 1 is 1.30 bits per heavy atom. The van der Waals surface area contributed by atoms with Crippen LogP contribution in [0.5, 0.6) is 0 Å². The van der Waals surface area contributed by atoms with Crippen molar-refractivity contribution in [3.63, 3.8) is 0 Å². The van der Waals surface area contributed by atoms with E-state index in [9.17, 15) is 9.59 Å². The van der Waals surface area contributed by atoms with Crippen molar-refractivity contribution in [3.8, 4) is 0 Å². The lowest BCUT2D eigenvalue weighted by Gasteiger charge is -2.27. The summed E-state index contributed by atoms with van der Waals surface area (Å²) in [7, 11) is 1.58. The Kier molecular flexibility index (Phi) is 8.17. The molecule has 1 amide bonds. The first-order valence-electron chi connectivity index (χ1n) is 6.92. The number of hydrogen-bond donors (Lipinski definition) is 1. The van der Waals surface area contributed by atoms with Crippen LogP contribution in [0.1, 0.15) is 12.8 Å². The Hall–Kier alpha value is -1.18. The third-order valence-corrected chi connectivity index (χ3v) is 3.20. The van der Waals surface area contributed by atoms with Crippen molar-refractivity contribution >= 4 is 11.9 Å². The van der Waals surface area contributed by atoms with Gasteiger partial charge in [0.25, 0.3) is 0 Å². The zero-order chi connectivity index (χ0) is 14.8. The number of ether oxygens (including phenoxy) is 2. The number of rotatable bonds is 9. The van der Waals surface area contributed by atoms with E-state index in [1.165, 1.54) is 0 Å². The normalized spacial score (nSPS) is 15.6. The number of carbonyl (C=O) groups is 2. The molecular formula is C13H24N2O5. The lowest BCUT2D eigenvalue weighted by molar-refractivity contribution is -0.138. The van der Waals surface area contributed by atoms with Crippen LogP contribution in [-0.2, 0) is 19.1 Å². The molecule has 0 aliphatic carbocycles. The summed E-state index contributed by atoms with van der Waals surface area (Å²) in [6.45, 7) is 4.14. The van der Waals surface area contributed by atoms with E-state index in [4.69, 9.17) is 14.6 Å². The number of morpholine rings is 1. The minimum Gasteiger partial charge on any atom is -0.480 e. The van der Waals surface area contributed by atoms with Gasteiger partial charge in [0, 0.05) is 33.2 Å². The molecule has 1 saturated heterocycles. The van der Waals surface area contributed by atoms with Crippen molar-refractivity contribution in [2.45, 2.75) is 12.8 Å². The van der Waals surface area contributed by atoms with E-state index in [1.54, 1.807) is 16.9 Å². The highest BCUT2D eigenvalue weighted by Crippen LogP contribution is 2.03. The lowest BCUT2D eigenvalue weighted by Crippen LogP contribution is -2.41. The summed E-state index contributed by atoms with van der Waals surface area (Å²) in [6, 6.07) is 0. The smallest absolute Gasteiger partial charge is 0.317 e. The van der Waals surface area contributed by atoms with Crippen molar-refractivity contribution in [1.82, 2.24) is 9.80 Å². The number of hydrogen-bond acceptors (Lipinski definition) is 5. The van der Waals surface area contributed by atoms with Gasteiger partial charge in [-0.2, -0.15) is 0 Å². The minimum absolute atomic E-state index is 0.0187. The van der Waals surface area contributed by atoms with Crippen molar-refractivity contribution in [1.29, 1.82) is 0 Å². The third kappa shape index (κ3) is 6.83. The van der Waals surface area contributed by atoms with E-state index < -0.39 is 5.97 Å². The van der Waals surface area contributed by atoms with Crippen LogP contribution in [0.4, 0.5) is 0 Å². The summed E-state index contributed by atoms with van der Waals surface area (Å²) in [5, 5.41) is 8.82. The van der Waals surface area contributed by atoms with Gasteiger partial charge in [0.1, 0.15) is 0 Å². The highest BCUT2D eigenvalue weighted by Gasteiger charge is 2.17. The second-order valence-electron chi connectivity index (χ2n) is 4.76. The quantitative estimate of drug-likeness (QED) is 0.625. The largest absolute Gasteiger partial charge is 0.480 e. The van der Waals surface area contributed by atoms with Gasteiger partial charge in [0.2, 0.25) is 5.91 Å². The van der Waals surface area contributed by atoms with Crippen LogP contribution in [0, 0.1) is 0 Å². The molecule has 0 saturated carbocycles. The van der Waals surface area contributed by atoms with Gasteiger partial charge in [-0.05, 0) is 13.0 Å². The summed E-state index contributed by atoms with van der Waals surface area (Å²) in [4.78, 5) is 26.3. The van der Waals surface area contributed by atoms with Crippen LogP contribution < -0.4 is 0 Å². The first-order valence-corrected chi connectivity index (χ1v) is 6.92. The first-order chi connectivity index (χ1) is 9.63. The Morgan fingerprint density at radius 2 is 2.00 bits per heavy atom. The highest BCUT2D eigenvalue weighted by molar-refractivity contribution is 5.76. The molecule has 0 bridgehead atoms. The maximum absolute atomic E-state index is 11.9. The van der Waals surface area contributed by atoms with E-state index in [1.807, 2.05) is 0 Å². The molecule has 0 aromatic carbocycles. The summed E-state index contributed by atoms with van der Waals surface area (Å²) < 4.78 is 10.2. The Balaban J connectivity index is 2.23. The van der Waals surface area contributed by atoms with E-state index >= 15 is 0 Å². The molecule has 7 nitrogen and oxygen atoms in total. The van der Waals surface area contributed by atoms with Crippen LogP contribution in [-0.4, -0.2) is 86.4 Å². The molecule has 0 aromatic heterocycles. The minimum atomic E-state index is -0.861. The zero-order valence-corrected chi connectivity index (χ0v) is 12.0. The number of nitrogens with zero attached hydrogens (tertiary/aromatic N) is 2. The fourth-order valence-corrected chi connectivity index (χ4v) is 2.11. The summed E-state index contributed by atoms with van der Waals surface area (Å²) in [5.74, 6) is -0.740. The van der Waals surface area contributed by atoms with Crippen LogP contribution in [0.15, 0.2) is 0 Å². The van der Waals surface area contributed by atoms with Crippen LogP contribution in [0.2, 0.25) is 0 Å². The molecule has 0 spiro atoms. The Bertz CT molecular complexity index is 305. The zero-order valence-electron chi connectivity index (χ0n) is 12.0. The van der Waals surface area contributed by atoms with Gasteiger partial charge in [-0.25, -0.2) is 0 Å². The molecular weight excluding hydrogens is 264 g/mol. The maximum atomic E-state index is 11.9. The second-order valence-corrected chi connectivity index (χ2v) is 4.76. The maximum Gasteiger partial charge on any atom is 0.317 e. The number of methoxy groups -OCH3 is 1. The molecule has 0 aromatic rings. The molecule has 1 N–H and O–H groups in total. The fourth-order valence-electron chi connectivity index (χ4n) is 2.11. The summed E-state index contributed by atoms with van der Waals surface area (Å²) >= 11 is 0. The Labute approximate surface area is 119 Å². The van der Waals surface area contributed by atoms with Gasteiger partial charge in [0.05, 0.1) is 26.4 Å². The first kappa shape index (κ1) is 16.9. The van der Waals surface area contributed by atoms with Crippen molar-refractivity contribution in [3.05, 3.63) is 0 Å². The molecule has 7 heteroatoms. The highest BCUT2D eigenvalue weighted by atomic mass is 16.5. The standard InChI is InChI=1S/C13H24N2O5/c1-19-8-5-14(11-13(17)18)4-2-3-12(16)15-6-9-20-10-7-15/h2-11H2,1H3,(H,17,18). The van der Waals surface area contributed by atoms with Gasteiger partial charge in [-0.1, -0.05) is 0 Å². The Morgan fingerprint density at radius 3 is 2.60 bits per heavy atom. The average molecular weight is 288 g/mol. The SMILES string of the molecule is COCCN(CCCC(=O)N1CCOCC1)CC(=O)O. The van der Waals surface area contributed by atoms with Gasteiger partial charge in [0.15, 0.2) is 0 Å². The van der Waals surface area contributed by atoms with Crippen LogP contribution in [0.3, 0.4) is 0 Å². The second kappa shape index (κ2) is 9.68. The van der Waals surface area contributed by atoms with Crippen LogP contribution >= 0.6 is 0 Å². The van der Waals surface area contributed by atoms with Gasteiger partial charge >= 0.3 is 5.97 Å². The van der Waals surface area contributed by atoms with E-state index in [0.29, 0.717) is 58.8 Å². The van der Waals surface area contributed by atoms with Crippen molar-refractivity contribution < 1.29 is 24.2 Å². The molecule has 0 unspecified atom stereocenters. The van der Waals surface area contributed by atoms with E-state index in [2.05, 4.69) is 0 Å². The van der Waals surface area contributed by atoms with Gasteiger partial charge in [-0.3, -0.25) is 14.5 Å². The van der Waals surface area contributed by atoms with E-state index in [0.717, 1.165) is 0 Å². The number of carboxylic acids is 1. The average Bonchev–Trinajstić information content (AvgIpc) is 2.44. The van der Waals surface area contributed by atoms with Crippen LogP contribution in [0.25, 0.3) is 0 Å². The molecule has 116 valence electrons. The molecule has 0 radical (unpaired) electrons. The molecule has 1 aliphatic heterocycles. The van der Waals surface area contributed by atoms with Gasteiger partial charge < -0.3 is 19.5 Å². The topological polar surface area (TPSA) is 79.3 Å². The summed E-state index contributed by atoms with van der Waals surface area (Å²) in [5.41, 5.74) is 0. The molecule has 1 aliphatic rings. The molecule has 1 rings (SSSR count). The monoisotopic (exact) mass is 288 g/mol. The van der Waals surface area contributed by atoms with Crippen molar-refractivity contribution in [2.75, 3.05) is 59.7 Å². The predicted octanol–water partition coefficient (Wildman–Crippen LogP) is -0.342. The number of aliphatic carboxylic acids is 1. The molecule has 20 heavy (non-hydrogen) atoms. The number of amides is 1. The number of carbonyl (C=O) groups excluding carboxylic acids is 1. The summed E-state index contributed by atoms with van der Waals surface area (Å²) in [6.07, 6.45) is 1.11. The fraction of sp³-hybridized carbons (Fsp3) is 0.846. The molecule has 1 heterocycles. The predicted molar refractivity (Wildman–Crippen MR) is 72.6 cm³/mol. The van der Waals surface area contributed by atoms with Crippen molar-refractivity contribution in [2.24, 2.45) is 0 Å². The molecule has 0 atom stereocenters. The lowest BCUT2D eigenvalue weighted by atomic mass is 10.2. The molecule has 1 fully saturated rings.